The van der Waals surface area contributed by atoms with Gasteiger partial charge in [-0.15, -0.1) is 0 Å². The van der Waals surface area contributed by atoms with Gasteiger partial charge in [0.05, 0.1) is 0 Å². The Hall–Kier alpha value is -0.780. The summed E-state index contributed by atoms with van der Waals surface area (Å²) in [4.78, 5) is 0. The Balaban J connectivity index is 3.49. The second-order valence-corrected chi connectivity index (χ2v) is 5.88. The van der Waals surface area contributed by atoms with Crippen LogP contribution in [0.3, 0.4) is 0 Å². The zero-order valence-electron chi connectivity index (χ0n) is 11.2. The van der Waals surface area contributed by atoms with E-state index in [1.807, 2.05) is 0 Å². The fourth-order valence-corrected chi connectivity index (χ4v) is 2.31. The summed E-state index contributed by atoms with van der Waals surface area (Å²) in [5.74, 6) is 0.610. The molecule has 0 saturated carbocycles. The molecule has 0 atom stereocenters. The molecule has 0 aromatic heterocycles. The molecule has 0 aliphatic carbocycles. The van der Waals surface area contributed by atoms with E-state index in [-0.39, 0.29) is 5.41 Å². The van der Waals surface area contributed by atoms with Gasteiger partial charge in [0.25, 0.3) is 0 Å². The van der Waals surface area contributed by atoms with Crippen molar-refractivity contribution in [2.24, 2.45) is 0 Å². The first-order valence-electron chi connectivity index (χ1n) is 5.85. The Morgan fingerprint density at radius 2 is 1.53 bits per heavy atom. The molecular weight excluding hydrogens is 180 g/mol. The highest BCUT2D eigenvalue weighted by Crippen LogP contribution is 2.34. The molecular formula is C15H24. The Bertz CT molecular complexity index is 351. The zero-order valence-corrected chi connectivity index (χ0v) is 11.2. The summed E-state index contributed by atoms with van der Waals surface area (Å²) in [5, 5.41) is 0. The molecule has 0 aliphatic heterocycles. The van der Waals surface area contributed by atoms with Crippen LogP contribution >= 0.6 is 0 Å². The third kappa shape index (κ3) is 2.42. The van der Waals surface area contributed by atoms with Crippen LogP contribution in [0.1, 0.15) is 62.8 Å². The van der Waals surface area contributed by atoms with Crippen LogP contribution < -0.4 is 0 Å². The molecule has 84 valence electrons. The van der Waals surface area contributed by atoms with Crippen molar-refractivity contribution in [3.63, 3.8) is 0 Å². The van der Waals surface area contributed by atoms with Crippen LogP contribution in [-0.2, 0) is 5.41 Å². The number of hydrogen-bond acceptors (Lipinski definition) is 0. The van der Waals surface area contributed by atoms with Crippen LogP contribution in [0.25, 0.3) is 0 Å². The van der Waals surface area contributed by atoms with Crippen molar-refractivity contribution in [2.75, 3.05) is 0 Å². The predicted octanol–water partition coefficient (Wildman–Crippen LogP) is 4.72. The molecule has 0 heterocycles. The molecule has 0 aliphatic rings. The minimum atomic E-state index is 0.246. The summed E-state index contributed by atoms with van der Waals surface area (Å²) in [6.07, 6.45) is 0. The smallest absolute Gasteiger partial charge is 0.0126 e. The number of aryl methyl sites for hydroxylation is 1. The molecule has 0 fully saturated rings. The number of rotatable bonds is 1. The van der Waals surface area contributed by atoms with E-state index in [1.165, 1.54) is 22.3 Å². The summed E-state index contributed by atoms with van der Waals surface area (Å²) in [6.45, 7) is 15.9. The molecule has 0 amide bonds. The van der Waals surface area contributed by atoms with E-state index < -0.39 is 0 Å². The molecule has 1 aromatic rings. The minimum Gasteiger partial charge on any atom is -0.0588 e. The van der Waals surface area contributed by atoms with Gasteiger partial charge in [-0.2, -0.15) is 0 Å². The standard InChI is InChI=1S/C15H24/c1-10(2)13-9-8-11(3)12(4)14(13)15(5,6)7/h8-10H,1-7H3. The molecule has 0 N–H and O–H groups in total. The van der Waals surface area contributed by atoms with Gasteiger partial charge in [0, 0.05) is 0 Å². The molecule has 0 radical (unpaired) electrons. The maximum absolute atomic E-state index is 2.31. The zero-order chi connectivity index (χ0) is 11.8. The predicted molar refractivity (Wildman–Crippen MR) is 68.7 cm³/mol. The van der Waals surface area contributed by atoms with Crippen molar-refractivity contribution >= 4 is 0 Å². The lowest BCUT2D eigenvalue weighted by molar-refractivity contribution is 0.572. The fraction of sp³-hybridized carbons (Fsp3) is 0.600. The lowest BCUT2D eigenvalue weighted by Crippen LogP contribution is -2.17. The Labute approximate surface area is 94.7 Å². The average Bonchev–Trinajstić information content (AvgIpc) is 2.06. The van der Waals surface area contributed by atoms with Crippen molar-refractivity contribution in [3.8, 4) is 0 Å². The Morgan fingerprint density at radius 3 is 1.93 bits per heavy atom. The molecule has 1 aromatic carbocycles. The molecule has 0 bridgehead atoms. The highest BCUT2D eigenvalue weighted by Gasteiger charge is 2.22. The maximum atomic E-state index is 2.31. The number of benzene rings is 1. The normalized spacial score (nSPS) is 12.3. The van der Waals surface area contributed by atoms with E-state index in [0.29, 0.717) is 5.92 Å². The van der Waals surface area contributed by atoms with Crippen LogP contribution in [-0.4, -0.2) is 0 Å². The largest absolute Gasteiger partial charge is 0.0588 e. The van der Waals surface area contributed by atoms with Gasteiger partial charge in [-0.1, -0.05) is 46.8 Å². The lowest BCUT2D eigenvalue weighted by atomic mass is 9.77. The molecule has 0 heteroatoms. The molecule has 0 unspecified atom stereocenters. The van der Waals surface area contributed by atoms with Gasteiger partial charge in [0.15, 0.2) is 0 Å². The lowest BCUT2D eigenvalue weighted by Gasteiger charge is -2.28. The van der Waals surface area contributed by atoms with Crippen molar-refractivity contribution in [3.05, 3.63) is 34.4 Å². The van der Waals surface area contributed by atoms with Crippen LogP contribution in [0.15, 0.2) is 12.1 Å². The Morgan fingerprint density at radius 1 is 1.00 bits per heavy atom. The van der Waals surface area contributed by atoms with Crippen molar-refractivity contribution in [1.82, 2.24) is 0 Å². The van der Waals surface area contributed by atoms with Crippen molar-refractivity contribution < 1.29 is 0 Å². The SMILES string of the molecule is Cc1ccc(C(C)C)c(C(C)(C)C)c1C. The van der Waals surface area contributed by atoms with E-state index in [0.717, 1.165) is 0 Å². The van der Waals surface area contributed by atoms with Crippen LogP contribution in [0.4, 0.5) is 0 Å². The maximum Gasteiger partial charge on any atom is -0.0126 e. The van der Waals surface area contributed by atoms with E-state index in [4.69, 9.17) is 0 Å². The summed E-state index contributed by atoms with van der Waals surface area (Å²) in [5.41, 5.74) is 6.16. The first kappa shape index (κ1) is 12.3. The second kappa shape index (κ2) is 4.00. The highest BCUT2D eigenvalue weighted by molar-refractivity contribution is 5.45. The van der Waals surface area contributed by atoms with Gasteiger partial charge < -0.3 is 0 Å². The van der Waals surface area contributed by atoms with Crippen LogP contribution in [0.2, 0.25) is 0 Å². The van der Waals surface area contributed by atoms with E-state index in [2.05, 4.69) is 60.6 Å². The third-order valence-corrected chi connectivity index (χ3v) is 3.14. The summed E-state index contributed by atoms with van der Waals surface area (Å²) in [7, 11) is 0. The van der Waals surface area contributed by atoms with E-state index in [1.54, 1.807) is 0 Å². The van der Waals surface area contributed by atoms with Gasteiger partial charge in [-0.05, 0) is 47.4 Å². The summed E-state index contributed by atoms with van der Waals surface area (Å²) >= 11 is 0. The third-order valence-electron chi connectivity index (χ3n) is 3.14. The quantitative estimate of drug-likeness (QED) is 0.620. The van der Waals surface area contributed by atoms with Gasteiger partial charge in [0.2, 0.25) is 0 Å². The van der Waals surface area contributed by atoms with Crippen LogP contribution in [0.5, 0.6) is 0 Å². The highest BCUT2D eigenvalue weighted by atomic mass is 14.3. The van der Waals surface area contributed by atoms with Crippen molar-refractivity contribution in [1.29, 1.82) is 0 Å². The first-order valence-corrected chi connectivity index (χ1v) is 5.85. The van der Waals surface area contributed by atoms with E-state index in [9.17, 15) is 0 Å². The first-order chi connectivity index (χ1) is 6.75. The molecule has 0 nitrogen and oxygen atoms in total. The van der Waals surface area contributed by atoms with E-state index >= 15 is 0 Å². The second-order valence-electron chi connectivity index (χ2n) is 5.88. The number of hydrogen-bond donors (Lipinski definition) is 0. The molecule has 1 rings (SSSR count). The Kier molecular flexibility index (Phi) is 3.28. The van der Waals surface area contributed by atoms with Gasteiger partial charge >= 0.3 is 0 Å². The summed E-state index contributed by atoms with van der Waals surface area (Å²) in [6, 6.07) is 4.55. The monoisotopic (exact) mass is 204 g/mol. The van der Waals surface area contributed by atoms with Crippen LogP contribution in [0, 0.1) is 13.8 Å². The fourth-order valence-electron chi connectivity index (χ4n) is 2.31. The molecule has 0 saturated heterocycles. The van der Waals surface area contributed by atoms with Gasteiger partial charge in [-0.25, -0.2) is 0 Å². The average molecular weight is 204 g/mol. The van der Waals surface area contributed by atoms with Gasteiger partial charge in [0.1, 0.15) is 0 Å². The molecule has 0 spiro atoms. The topological polar surface area (TPSA) is 0 Å². The molecule has 15 heavy (non-hydrogen) atoms. The minimum absolute atomic E-state index is 0.246. The van der Waals surface area contributed by atoms with Gasteiger partial charge in [-0.3, -0.25) is 0 Å². The summed E-state index contributed by atoms with van der Waals surface area (Å²) < 4.78 is 0. The van der Waals surface area contributed by atoms with Crippen molar-refractivity contribution in [2.45, 2.75) is 59.8 Å².